The Balaban J connectivity index is 1.57. The number of carboxylic acid groups (broad SMARTS) is 1. The van der Waals surface area contributed by atoms with Gasteiger partial charge in [0.25, 0.3) is 5.91 Å². The molecule has 10 heteroatoms. The highest BCUT2D eigenvalue weighted by Crippen LogP contribution is 2.48. The second kappa shape index (κ2) is 12.7. The number of aliphatic hydroxyl groups is 1. The molecule has 0 spiro atoms. The Labute approximate surface area is 254 Å². The molecule has 0 saturated heterocycles. The fourth-order valence-corrected chi connectivity index (χ4v) is 6.61. The van der Waals surface area contributed by atoms with Crippen LogP contribution in [0.25, 0.3) is 0 Å². The fraction of sp³-hybridized carbons (Fsp3) is 0.344. The number of carbonyl (C=O) groups excluding carboxylic acids is 2. The number of carbonyl (C=O) groups is 3. The van der Waals surface area contributed by atoms with E-state index in [9.17, 15) is 19.5 Å². The van der Waals surface area contributed by atoms with Crippen molar-refractivity contribution in [2.75, 3.05) is 6.61 Å². The Morgan fingerprint density at radius 2 is 1.79 bits per heavy atom. The zero-order valence-electron chi connectivity index (χ0n) is 23.0. The van der Waals surface area contributed by atoms with E-state index in [1.165, 1.54) is 0 Å². The predicted octanol–water partition coefficient (Wildman–Crippen LogP) is 5.92. The van der Waals surface area contributed by atoms with Crippen LogP contribution in [0, 0.1) is 0 Å². The molecule has 220 valence electrons. The number of benzene rings is 3. The Morgan fingerprint density at radius 1 is 1.02 bits per heavy atom. The van der Waals surface area contributed by atoms with Gasteiger partial charge in [-0.3, -0.25) is 9.59 Å². The van der Waals surface area contributed by atoms with Crippen molar-refractivity contribution in [3.05, 3.63) is 99.0 Å². The summed E-state index contributed by atoms with van der Waals surface area (Å²) in [6, 6.07) is 17.2. The van der Waals surface area contributed by atoms with Crippen molar-refractivity contribution in [3.8, 4) is 5.75 Å². The highest BCUT2D eigenvalue weighted by Gasteiger charge is 2.49. The molecule has 1 aliphatic heterocycles. The van der Waals surface area contributed by atoms with Crippen LogP contribution in [-0.4, -0.2) is 51.6 Å². The van der Waals surface area contributed by atoms with Crippen molar-refractivity contribution in [3.63, 3.8) is 0 Å². The van der Waals surface area contributed by atoms with Crippen molar-refractivity contribution in [2.24, 2.45) is 0 Å². The van der Waals surface area contributed by atoms with Gasteiger partial charge in [-0.05, 0) is 66.8 Å². The van der Waals surface area contributed by atoms with Gasteiger partial charge < -0.3 is 25.2 Å². The smallest absolute Gasteiger partial charge is 0.341 e. The highest BCUT2D eigenvalue weighted by atomic mass is 35.5. The van der Waals surface area contributed by atoms with Crippen molar-refractivity contribution < 1.29 is 29.3 Å². The maximum Gasteiger partial charge on any atom is 0.341 e. The Bertz CT molecular complexity index is 1500. The van der Waals surface area contributed by atoms with E-state index < -0.39 is 42.7 Å². The molecule has 3 N–H and O–H groups in total. The molecule has 8 nitrogen and oxygen atoms in total. The van der Waals surface area contributed by atoms with Crippen LogP contribution < -0.4 is 10.1 Å². The van der Waals surface area contributed by atoms with Crippen LogP contribution in [0.15, 0.2) is 66.7 Å². The van der Waals surface area contributed by atoms with Crippen molar-refractivity contribution in [1.82, 2.24) is 10.2 Å². The van der Waals surface area contributed by atoms with Crippen molar-refractivity contribution in [1.29, 1.82) is 0 Å². The van der Waals surface area contributed by atoms with Gasteiger partial charge in [-0.2, -0.15) is 0 Å². The molecule has 5 rings (SSSR count). The van der Waals surface area contributed by atoms with Gasteiger partial charge >= 0.3 is 5.97 Å². The molecular formula is C32H32Cl2N2O6. The average molecular weight is 612 g/mol. The molecule has 1 heterocycles. The van der Waals surface area contributed by atoms with Gasteiger partial charge in [0.2, 0.25) is 5.91 Å². The first-order valence-electron chi connectivity index (χ1n) is 13.9. The number of rotatable bonds is 8. The second-order valence-electron chi connectivity index (χ2n) is 10.8. The molecule has 1 fully saturated rings. The summed E-state index contributed by atoms with van der Waals surface area (Å²) in [5.74, 6) is -2.15. The summed E-state index contributed by atoms with van der Waals surface area (Å²) < 4.78 is 5.32. The van der Waals surface area contributed by atoms with E-state index in [1.54, 1.807) is 65.6 Å². The lowest BCUT2D eigenvalue weighted by atomic mass is 9.76. The molecule has 0 radical (unpaired) electrons. The minimum atomic E-state index is -1.09. The minimum absolute atomic E-state index is 0.257. The SMILES string of the molecule is CC(NC(=O)[C@@H]1c2ccccc2C(=O)N([C@H]2CCCC[C@@H]2O)[C@H]1c1ccc(Cl)cc1Cl)c1cccc(OCC(=O)O)c1. The largest absolute Gasteiger partial charge is 0.482 e. The van der Waals surface area contributed by atoms with E-state index in [0.29, 0.717) is 50.9 Å². The maximum atomic E-state index is 14.3. The molecule has 1 unspecified atom stereocenters. The highest BCUT2D eigenvalue weighted by molar-refractivity contribution is 6.35. The van der Waals surface area contributed by atoms with E-state index in [0.717, 1.165) is 12.8 Å². The normalized spacial score (nSPS) is 22.7. The van der Waals surface area contributed by atoms with Gasteiger partial charge in [0.15, 0.2) is 6.61 Å². The van der Waals surface area contributed by atoms with Crippen LogP contribution >= 0.6 is 23.2 Å². The van der Waals surface area contributed by atoms with Gasteiger partial charge in [0.1, 0.15) is 5.75 Å². The standard InChI is InChI=1S/C32H32Cl2N2O6/c1-18(19-7-6-8-21(15-19)42-17-28(38)39)35-31(40)29-22-9-2-3-10-23(22)32(41)36(26-11-4-5-12-27(26)37)30(29)24-14-13-20(33)16-25(24)34/h2-3,6-10,13-16,18,26-27,29-30,37H,4-5,11-12,17H2,1H3,(H,35,40)(H,38,39)/t18?,26-,27-,29+,30-/m0/s1. The number of hydrogen-bond acceptors (Lipinski definition) is 5. The monoisotopic (exact) mass is 610 g/mol. The fourth-order valence-electron chi connectivity index (χ4n) is 6.09. The summed E-state index contributed by atoms with van der Waals surface area (Å²) in [6.07, 6.45) is 2.13. The van der Waals surface area contributed by atoms with Gasteiger partial charge in [-0.25, -0.2) is 4.79 Å². The van der Waals surface area contributed by atoms with Crippen LogP contribution in [-0.2, 0) is 9.59 Å². The zero-order valence-corrected chi connectivity index (χ0v) is 24.5. The summed E-state index contributed by atoms with van der Waals surface area (Å²) in [6.45, 7) is 1.34. The summed E-state index contributed by atoms with van der Waals surface area (Å²) in [4.78, 5) is 41.1. The number of nitrogens with one attached hydrogen (secondary N) is 1. The Morgan fingerprint density at radius 3 is 2.52 bits per heavy atom. The van der Waals surface area contributed by atoms with Crippen LogP contribution in [0.5, 0.6) is 5.75 Å². The number of carboxylic acids is 1. The molecular weight excluding hydrogens is 579 g/mol. The summed E-state index contributed by atoms with van der Waals surface area (Å²) in [5.41, 5.74) is 2.27. The number of aliphatic carboxylic acids is 1. The number of nitrogens with zero attached hydrogens (tertiary/aromatic N) is 1. The average Bonchev–Trinajstić information content (AvgIpc) is 2.97. The summed E-state index contributed by atoms with van der Waals surface area (Å²) >= 11 is 13.0. The van der Waals surface area contributed by atoms with E-state index in [4.69, 9.17) is 33.0 Å². The van der Waals surface area contributed by atoms with Crippen molar-refractivity contribution >= 4 is 41.0 Å². The number of aliphatic hydroxyl groups excluding tert-OH is 1. The summed E-state index contributed by atoms with van der Waals surface area (Å²) in [7, 11) is 0. The topological polar surface area (TPSA) is 116 Å². The van der Waals surface area contributed by atoms with Crippen LogP contribution in [0.1, 0.15) is 77.7 Å². The number of fused-ring (bicyclic) bond motifs is 1. The molecule has 0 aromatic heterocycles. The Kier molecular flexibility index (Phi) is 9.06. The van der Waals surface area contributed by atoms with E-state index in [2.05, 4.69) is 5.32 Å². The van der Waals surface area contributed by atoms with Crippen molar-refractivity contribution in [2.45, 2.75) is 62.8 Å². The third-order valence-electron chi connectivity index (χ3n) is 8.07. The predicted molar refractivity (Wildman–Crippen MR) is 159 cm³/mol. The molecule has 5 atom stereocenters. The second-order valence-corrected chi connectivity index (χ2v) is 11.6. The van der Waals surface area contributed by atoms with Gasteiger partial charge in [0, 0.05) is 15.6 Å². The minimum Gasteiger partial charge on any atom is -0.482 e. The quantitative estimate of drug-likeness (QED) is 0.291. The molecule has 1 aliphatic carbocycles. The Hall–Kier alpha value is -3.59. The van der Waals surface area contributed by atoms with Gasteiger partial charge in [-0.1, -0.05) is 72.4 Å². The summed E-state index contributed by atoms with van der Waals surface area (Å²) in [5, 5.41) is 23.9. The first kappa shape index (κ1) is 29.9. The lowest BCUT2D eigenvalue weighted by Gasteiger charge is -2.48. The van der Waals surface area contributed by atoms with Crippen LogP contribution in [0.3, 0.4) is 0 Å². The molecule has 3 aromatic rings. The van der Waals surface area contributed by atoms with Crippen LogP contribution in [0.2, 0.25) is 10.0 Å². The van der Waals surface area contributed by atoms with Gasteiger partial charge in [0.05, 0.1) is 30.1 Å². The molecule has 2 aliphatic rings. The third-order valence-corrected chi connectivity index (χ3v) is 8.63. The number of amides is 2. The molecule has 42 heavy (non-hydrogen) atoms. The molecule has 3 aromatic carbocycles. The van der Waals surface area contributed by atoms with Gasteiger partial charge in [-0.15, -0.1) is 0 Å². The maximum absolute atomic E-state index is 14.3. The van der Waals surface area contributed by atoms with E-state index >= 15 is 0 Å². The first-order valence-corrected chi connectivity index (χ1v) is 14.7. The lowest BCUT2D eigenvalue weighted by Crippen LogP contribution is -2.55. The zero-order chi connectivity index (χ0) is 30.0. The number of hydrogen-bond donors (Lipinski definition) is 3. The number of ether oxygens (including phenoxy) is 1. The molecule has 0 bridgehead atoms. The van der Waals surface area contributed by atoms with E-state index in [-0.39, 0.29) is 11.8 Å². The third kappa shape index (κ3) is 6.11. The lowest BCUT2D eigenvalue weighted by molar-refractivity contribution is -0.139. The molecule has 2 amide bonds. The first-order chi connectivity index (χ1) is 20.2. The van der Waals surface area contributed by atoms with E-state index in [1.807, 2.05) is 13.0 Å². The number of halogens is 2. The molecule has 1 saturated carbocycles. The van der Waals surface area contributed by atoms with Crippen LogP contribution in [0.4, 0.5) is 0 Å².